The molecule has 174 valence electrons. The first-order chi connectivity index (χ1) is 15.2. The molecule has 1 heterocycles. The summed E-state index contributed by atoms with van der Waals surface area (Å²) in [5.74, 6) is -0.917. The van der Waals surface area contributed by atoms with Crippen molar-refractivity contribution >= 4 is 21.6 Å². The molecule has 0 spiro atoms. The highest BCUT2D eigenvalue weighted by atomic mass is 32.2. The minimum absolute atomic E-state index is 0.0411. The van der Waals surface area contributed by atoms with Crippen molar-refractivity contribution in [3.8, 4) is 5.75 Å². The van der Waals surface area contributed by atoms with Crippen LogP contribution in [0.2, 0.25) is 0 Å². The molecule has 1 aliphatic heterocycles. The van der Waals surface area contributed by atoms with Gasteiger partial charge in [-0.05, 0) is 49.2 Å². The molecule has 7 nitrogen and oxygen atoms in total. The molecule has 0 radical (unpaired) electrons. The van der Waals surface area contributed by atoms with Gasteiger partial charge >= 0.3 is 0 Å². The number of nitrogens with zero attached hydrogens (tertiary/aromatic N) is 3. The number of hydrogen-bond acceptors (Lipinski definition) is 5. The molecule has 1 amide bonds. The second-order valence-electron chi connectivity index (χ2n) is 7.81. The second kappa shape index (κ2) is 9.87. The van der Waals surface area contributed by atoms with E-state index in [1.807, 2.05) is 6.07 Å². The Labute approximate surface area is 189 Å². The molecule has 0 aliphatic carbocycles. The molecule has 3 rings (SSSR count). The summed E-state index contributed by atoms with van der Waals surface area (Å²) in [5, 5.41) is 0. The Balaban J connectivity index is 1.70. The molecule has 1 aliphatic rings. The van der Waals surface area contributed by atoms with Gasteiger partial charge in [0.05, 0.1) is 13.7 Å². The van der Waals surface area contributed by atoms with E-state index < -0.39 is 15.8 Å². The van der Waals surface area contributed by atoms with E-state index in [4.69, 9.17) is 4.74 Å². The van der Waals surface area contributed by atoms with Crippen molar-refractivity contribution in [2.75, 3.05) is 51.3 Å². The summed E-state index contributed by atoms with van der Waals surface area (Å²) >= 11 is 0. The molecular weight excluding hydrogens is 433 g/mol. The van der Waals surface area contributed by atoms with Crippen LogP contribution in [0.15, 0.2) is 41.3 Å². The summed E-state index contributed by atoms with van der Waals surface area (Å²) in [4.78, 5) is 16.6. The predicted octanol–water partition coefficient (Wildman–Crippen LogP) is 2.81. The lowest BCUT2D eigenvalue weighted by molar-refractivity contribution is -0.131. The Morgan fingerprint density at radius 3 is 2.44 bits per heavy atom. The maximum absolute atomic E-state index is 13.7. The fourth-order valence-electron chi connectivity index (χ4n) is 3.88. The molecule has 1 fully saturated rings. The second-order valence-corrected chi connectivity index (χ2v) is 9.72. The Morgan fingerprint density at radius 1 is 1.12 bits per heavy atom. The first-order valence-corrected chi connectivity index (χ1v) is 12.1. The number of sulfonamides is 1. The first kappa shape index (κ1) is 24.0. The van der Waals surface area contributed by atoms with E-state index in [-0.39, 0.29) is 29.6 Å². The predicted molar refractivity (Wildman–Crippen MR) is 122 cm³/mol. The van der Waals surface area contributed by atoms with Crippen molar-refractivity contribution in [2.24, 2.45) is 0 Å². The van der Waals surface area contributed by atoms with Gasteiger partial charge in [0, 0.05) is 38.4 Å². The molecule has 2 aromatic carbocycles. The fraction of sp³-hybridized carbons (Fsp3) is 0.435. The minimum atomic E-state index is -4.10. The Hall–Kier alpha value is -2.65. The Bertz CT molecular complexity index is 1080. The van der Waals surface area contributed by atoms with Crippen molar-refractivity contribution in [3.05, 3.63) is 53.3 Å². The number of piperazine rings is 1. The van der Waals surface area contributed by atoms with E-state index in [1.54, 1.807) is 11.8 Å². The Kier molecular flexibility index (Phi) is 7.40. The molecule has 0 aromatic heterocycles. The zero-order valence-corrected chi connectivity index (χ0v) is 19.8. The van der Waals surface area contributed by atoms with Crippen molar-refractivity contribution in [1.82, 2.24) is 9.21 Å². The molecule has 0 atom stereocenters. The highest BCUT2D eigenvalue weighted by Gasteiger charge is 2.31. The number of anilines is 1. The largest absolute Gasteiger partial charge is 0.495 e. The van der Waals surface area contributed by atoms with E-state index >= 15 is 0 Å². The summed E-state index contributed by atoms with van der Waals surface area (Å²) in [7, 11) is -2.78. The number of ether oxygens (including phenoxy) is 1. The normalized spacial score (nSPS) is 14.7. The highest BCUT2D eigenvalue weighted by Crippen LogP contribution is 2.28. The van der Waals surface area contributed by atoms with Gasteiger partial charge in [-0.2, -0.15) is 4.31 Å². The summed E-state index contributed by atoms with van der Waals surface area (Å²) < 4.78 is 46.1. The van der Waals surface area contributed by atoms with Crippen LogP contribution in [0.25, 0.3) is 0 Å². The summed E-state index contributed by atoms with van der Waals surface area (Å²) in [5.41, 5.74) is 3.60. The van der Waals surface area contributed by atoms with Gasteiger partial charge in [-0.3, -0.25) is 4.79 Å². The van der Waals surface area contributed by atoms with Crippen LogP contribution in [0.5, 0.6) is 5.75 Å². The number of likely N-dealkylation sites (N-methyl/N-ethyl adjacent to an activating group) is 1. The number of benzene rings is 2. The van der Waals surface area contributed by atoms with Gasteiger partial charge in [0.1, 0.15) is 16.5 Å². The maximum atomic E-state index is 13.7. The number of aryl methyl sites for hydroxylation is 1. The van der Waals surface area contributed by atoms with Gasteiger partial charge in [0.25, 0.3) is 0 Å². The van der Waals surface area contributed by atoms with Crippen LogP contribution in [-0.4, -0.2) is 69.9 Å². The van der Waals surface area contributed by atoms with Gasteiger partial charge in [0.15, 0.2) is 0 Å². The van der Waals surface area contributed by atoms with Crippen molar-refractivity contribution in [2.45, 2.75) is 25.7 Å². The van der Waals surface area contributed by atoms with Crippen LogP contribution in [0.4, 0.5) is 10.1 Å². The topological polar surface area (TPSA) is 70.2 Å². The number of hydrogen-bond donors (Lipinski definition) is 0. The van der Waals surface area contributed by atoms with Crippen LogP contribution >= 0.6 is 0 Å². The average Bonchev–Trinajstić information content (AvgIpc) is 2.79. The SMILES string of the molecule is CCN(CC(=O)N1CCN(c2cccc(C)c2C)CC1)S(=O)(=O)c1cc(F)ccc1OC. The molecule has 0 saturated carbocycles. The number of methoxy groups -OCH3 is 1. The average molecular weight is 464 g/mol. The molecule has 2 aromatic rings. The van der Waals surface area contributed by atoms with E-state index in [2.05, 4.69) is 30.9 Å². The van der Waals surface area contributed by atoms with Crippen LogP contribution in [0, 0.1) is 19.7 Å². The standard InChI is InChI=1S/C23H30FN3O4S/c1-5-27(32(29,30)22-15-19(24)9-10-21(22)31-4)16-23(28)26-13-11-25(12-14-26)20-8-6-7-17(2)18(20)3/h6-10,15H,5,11-14,16H2,1-4H3. The molecule has 1 saturated heterocycles. The number of halogens is 1. The van der Waals surface area contributed by atoms with Gasteiger partial charge in [-0.1, -0.05) is 19.1 Å². The zero-order valence-electron chi connectivity index (χ0n) is 19.0. The van der Waals surface area contributed by atoms with E-state index in [0.717, 1.165) is 22.1 Å². The lowest BCUT2D eigenvalue weighted by Gasteiger charge is -2.37. The molecule has 9 heteroatoms. The molecule has 0 bridgehead atoms. The van der Waals surface area contributed by atoms with Crippen molar-refractivity contribution < 1.29 is 22.3 Å². The fourth-order valence-corrected chi connectivity index (χ4v) is 5.45. The van der Waals surface area contributed by atoms with E-state index in [0.29, 0.717) is 26.2 Å². The number of carbonyl (C=O) groups is 1. The first-order valence-electron chi connectivity index (χ1n) is 10.6. The lowest BCUT2D eigenvalue weighted by atomic mass is 10.1. The highest BCUT2D eigenvalue weighted by molar-refractivity contribution is 7.89. The van der Waals surface area contributed by atoms with Gasteiger partial charge in [-0.15, -0.1) is 0 Å². The quantitative estimate of drug-likeness (QED) is 0.632. The third-order valence-corrected chi connectivity index (χ3v) is 7.90. The summed E-state index contributed by atoms with van der Waals surface area (Å²) in [6.45, 7) is 7.95. The molecule has 0 unspecified atom stereocenters. The summed E-state index contributed by atoms with van der Waals surface area (Å²) in [6, 6.07) is 9.51. The maximum Gasteiger partial charge on any atom is 0.247 e. The lowest BCUT2D eigenvalue weighted by Crippen LogP contribution is -2.52. The van der Waals surface area contributed by atoms with Gasteiger partial charge in [-0.25, -0.2) is 12.8 Å². The van der Waals surface area contributed by atoms with Crippen LogP contribution in [-0.2, 0) is 14.8 Å². The van der Waals surface area contributed by atoms with Crippen molar-refractivity contribution in [1.29, 1.82) is 0 Å². The number of rotatable bonds is 7. The van der Waals surface area contributed by atoms with Crippen LogP contribution < -0.4 is 9.64 Å². The number of carbonyl (C=O) groups excluding carboxylic acids is 1. The zero-order chi connectivity index (χ0) is 23.5. The van der Waals surface area contributed by atoms with Gasteiger partial charge < -0.3 is 14.5 Å². The van der Waals surface area contributed by atoms with E-state index in [1.165, 1.54) is 24.3 Å². The smallest absolute Gasteiger partial charge is 0.247 e. The third kappa shape index (κ3) is 4.88. The molecular formula is C23H30FN3O4S. The number of amides is 1. The molecule has 32 heavy (non-hydrogen) atoms. The summed E-state index contributed by atoms with van der Waals surface area (Å²) in [6.07, 6.45) is 0. The van der Waals surface area contributed by atoms with Crippen LogP contribution in [0.1, 0.15) is 18.1 Å². The van der Waals surface area contributed by atoms with Gasteiger partial charge in [0.2, 0.25) is 15.9 Å². The Morgan fingerprint density at radius 2 is 1.81 bits per heavy atom. The van der Waals surface area contributed by atoms with E-state index in [9.17, 15) is 17.6 Å². The van der Waals surface area contributed by atoms with Crippen molar-refractivity contribution in [3.63, 3.8) is 0 Å². The third-order valence-electron chi connectivity index (χ3n) is 5.96. The molecule has 0 N–H and O–H groups in total. The minimum Gasteiger partial charge on any atom is -0.495 e. The monoisotopic (exact) mass is 463 g/mol. The van der Waals surface area contributed by atoms with Crippen LogP contribution in [0.3, 0.4) is 0 Å².